The van der Waals surface area contributed by atoms with Crippen LogP contribution in [-0.2, 0) is 9.59 Å². The minimum atomic E-state index is -1.39. The minimum Gasteiger partial charge on any atom is -0.423 e. The maximum atomic E-state index is 14.2. The molecule has 0 spiro atoms. The van der Waals surface area contributed by atoms with Crippen LogP contribution in [0.5, 0.6) is 11.5 Å². The highest BCUT2D eigenvalue weighted by Crippen LogP contribution is 2.32. The van der Waals surface area contributed by atoms with E-state index in [4.69, 9.17) is 4.74 Å². The first-order valence-electron chi connectivity index (χ1n) is 7.20. The Morgan fingerprint density at radius 2 is 1.72 bits per heavy atom. The van der Waals surface area contributed by atoms with E-state index in [0.717, 1.165) is 30.3 Å². The van der Waals surface area contributed by atoms with Gasteiger partial charge in [0.05, 0.1) is 0 Å². The Balaban J connectivity index is 2.37. The molecule has 0 aliphatic rings. The van der Waals surface area contributed by atoms with Gasteiger partial charge in [-0.2, -0.15) is 4.39 Å². The van der Waals surface area contributed by atoms with Crippen molar-refractivity contribution in [3.05, 3.63) is 60.4 Å². The Morgan fingerprint density at radius 3 is 2.32 bits per heavy atom. The zero-order chi connectivity index (χ0) is 18.6. The molecule has 0 bridgehead atoms. The van der Waals surface area contributed by atoms with Crippen LogP contribution in [0.2, 0.25) is 0 Å². The molecule has 0 saturated heterocycles. The molecule has 0 saturated carbocycles. The average Bonchev–Trinajstić information content (AvgIpc) is 2.60. The fraction of sp³-hybridized carbons (Fsp3) is 0.111. The summed E-state index contributed by atoms with van der Waals surface area (Å²) in [4.78, 5) is 22.3. The van der Waals surface area contributed by atoms with Gasteiger partial charge in [-0.15, -0.1) is 0 Å². The molecule has 0 unspecified atom stereocenters. The van der Waals surface area contributed by atoms with Gasteiger partial charge in [-0.25, -0.2) is 13.6 Å². The van der Waals surface area contributed by atoms with Crippen LogP contribution in [0, 0.1) is 17.5 Å². The van der Waals surface area contributed by atoms with Crippen molar-refractivity contribution in [2.45, 2.75) is 13.3 Å². The predicted molar refractivity (Wildman–Crippen MR) is 83.5 cm³/mol. The van der Waals surface area contributed by atoms with E-state index in [2.05, 4.69) is 11.3 Å². The van der Waals surface area contributed by atoms with Gasteiger partial charge in [0.15, 0.2) is 23.1 Å². The summed E-state index contributed by atoms with van der Waals surface area (Å²) in [7, 11) is 0. The zero-order valence-electron chi connectivity index (χ0n) is 13.1. The van der Waals surface area contributed by atoms with E-state index in [9.17, 15) is 22.8 Å². The first-order chi connectivity index (χ1) is 11.9. The lowest BCUT2D eigenvalue weighted by atomic mass is 10.0. The van der Waals surface area contributed by atoms with Gasteiger partial charge >= 0.3 is 11.9 Å². The number of carbonyl (C=O) groups excluding carboxylic acids is 2. The van der Waals surface area contributed by atoms with Gasteiger partial charge in [0.1, 0.15) is 0 Å². The topological polar surface area (TPSA) is 52.6 Å². The predicted octanol–water partition coefficient (Wildman–Crippen LogP) is 4.18. The molecule has 0 aliphatic carbocycles. The molecule has 0 N–H and O–H groups in total. The van der Waals surface area contributed by atoms with Gasteiger partial charge in [-0.1, -0.05) is 19.6 Å². The smallest absolute Gasteiger partial charge is 0.335 e. The van der Waals surface area contributed by atoms with Crippen LogP contribution in [-0.4, -0.2) is 11.9 Å². The molecule has 0 fully saturated rings. The van der Waals surface area contributed by atoms with Crippen molar-refractivity contribution in [3.8, 4) is 22.6 Å². The number of esters is 2. The fourth-order valence-electron chi connectivity index (χ4n) is 1.93. The van der Waals surface area contributed by atoms with E-state index in [0.29, 0.717) is 0 Å². The van der Waals surface area contributed by atoms with E-state index in [1.807, 2.05) is 0 Å². The Hall–Kier alpha value is -3.09. The molecule has 0 aromatic heterocycles. The summed E-state index contributed by atoms with van der Waals surface area (Å²) in [6.45, 7) is 4.70. The summed E-state index contributed by atoms with van der Waals surface area (Å²) in [5.41, 5.74) is -0.227. The molecule has 0 radical (unpaired) electrons. The van der Waals surface area contributed by atoms with E-state index in [-0.39, 0.29) is 23.3 Å². The van der Waals surface area contributed by atoms with Gasteiger partial charge < -0.3 is 9.47 Å². The summed E-state index contributed by atoms with van der Waals surface area (Å²) in [6, 6.07) is 5.50. The van der Waals surface area contributed by atoms with Crippen LogP contribution in [0.15, 0.2) is 43.0 Å². The van der Waals surface area contributed by atoms with Crippen molar-refractivity contribution in [2.24, 2.45) is 0 Å². The second-order valence-electron chi connectivity index (χ2n) is 4.84. The van der Waals surface area contributed by atoms with Crippen LogP contribution in [0.1, 0.15) is 13.3 Å². The summed E-state index contributed by atoms with van der Waals surface area (Å²) < 4.78 is 51.5. The van der Waals surface area contributed by atoms with E-state index >= 15 is 0 Å². The second-order valence-corrected chi connectivity index (χ2v) is 4.84. The van der Waals surface area contributed by atoms with Crippen LogP contribution >= 0.6 is 0 Å². The second kappa shape index (κ2) is 7.65. The molecule has 2 rings (SSSR count). The fourth-order valence-corrected chi connectivity index (χ4v) is 1.93. The van der Waals surface area contributed by atoms with Gasteiger partial charge in [-0.3, -0.25) is 4.79 Å². The van der Waals surface area contributed by atoms with Crippen molar-refractivity contribution in [1.29, 1.82) is 0 Å². The molecular weight excluding hydrogens is 337 g/mol. The molecule has 2 aromatic carbocycles. The highest BCUT2D eigenvalue weighted by atomic mass is 19.2. The zero-order valence-corrected chi connectivity index (χ0v) is 13.1. The monoisotopic (exact) mass is 350 g/mol. The van der Waals surface area contributed by atoms with Gasteiger partial charge in [0, 0.05) is 18.1 Å². The molecule has 25 heavy (non-hydrogen) atoms. The number of benzene rings is 2. The van der Waals surface area contributed by atoms with Gasteiger partial charge in [0.2, 0.25) is 5.82 Å². The number of halogens is 3. The minimum absolute atomic E-state index is 0.0202. The number of ether oxygens (including phenoxy) is 2. The van der Waals surface area contributed by atoms with Crippen LogP contribution < -0.4 is 9.47 Å². The summed E-state index contributed by atoms with van der Waals surface area (Å²) >= 11 is 0. The van der Waals surface area contributed by atoms with E-state index < -0.39 is 35.1 Å². The van der Waals surface area contributed by atoms with Crippen molar-refractivity contribution >= 4 is 11.9 Å². The molecule has 0 aliphatic heterocycles. The SMILES string of the molecule is C=CC(=O)Oc1ccc(-c2ccc(OC(=O)CC)c(F)c2)c(F)c1F. The van der Waals surface area contributed by atoms with E-state index in [1.165, 1.54) is 6.07 Å². The van der Waals surface area contributed by atoms with Crippen molar-refractivity contribution < 1.29 is 32.2 Å². The Kier molecular flexibility index (Phi) is 5.59. The first-order valence-corrected chi connectivity index (χ1v) is 7.20. The van der Waals surface area contributed by atoms with Crippen LogP contribution in [0.3, 0.4) is 0 Å². The molecule has 0 atom stereocenters. The molecular formula is C18H13F3O4. The van der Waals surface area contributed by atoms with Crippen LogP contribution in [0.25, 0.3) is 11.1 Å². The number of rotatable bonds is 5. The Labute approximate surface area is 141 Å². The Morgan fingerprint density at radius 1 is 1.04 bits per heavy atom. The number of carbonyl (C=O) groups is 2. The quantitative estimate of drug-likeness (QED) is 0.461. The van der Waals surface area contributed by atoms with Crippen molar-refractivity contribution in [3.63, 3.8) is 0 Å². The lowest BCUT2D eigenvalue weighted by molar-refractivity contribution is -0.134. The first kappa shape index (κ1) is 18.3. The standard InChI is InChI=1S/C18H13F3O4/c1-3-15(22)24-13-7-5-10(9-12(13)19)11-6-8-14(18(21)17(11)20)25-16(23)4-2/h4-9H,2-3H2,1H3. The third-order valence-corrected chi connectivity index (χ3v) is 3.18. The third-order valence-electron chi connectivity index (χ3n) is 3.18. The van der Waals surface area contributed by atoms with Gasteiger partial charge in [0.25, 0.3) is 0 Å². The maximum Gasteiger partial charge on any atom is 0.335 e. The maximum absolute atomic E-state index is 14.2. The van der Waals surface area contributed by atoms with Crippen molar-refractivity contribution in [2.75, 3.05) is 0 Å². The number of hydrogen-bond donors (Lipinski definition) is 0. The summed E-state index contributed by atoms with van der Waals surface area (Å²) in [5.74, 6) is -6.10. The summed E-state index contributed by atoms with van der Waals surface area (Å²) in [6.07, 6.45) is 0.864. The Bertz CT molecular complexity index is 846. The average molecular weight is 350 g/mol. The summed E-state index contributed by atoms with van der Waals surface area (Å²) in [5, 5.41) is 0. The third kappa shape index (κ3) is 4.06. The lowest BCUT2D eigenvalue weighted by Gasteiger charge is -2.10. The molecule has 0 amide bonds. The lowest BCUT2D eigenvalue weighted by Crippen LogP contribution is -2.07. The normalized spacial score (nSPS) is 10.2. The highest BCUT2D eigenvalue weighted by Gasteiger charge is 2.18. The van der Waals surface area contributed by atoms with Gasteiger partial charge in [-0.05, 0) is 29.8 Å². The highest BCUT2D eigenvalue weighted by molar-refractivity contribution is 5.83. The molecule has 7 heteroatoms. The molecule has 0 heterocycles. The molecule has 4 nitrogen and oxygen atoms in total. The van der Waals surface area contributed by atoms with Crippen LogP contribution in [0.4, 0.5) is 13.2 Å². The largest absolute Gasteiger partial charge is 0.423 e. The molecule has 2 aromatic rings. The van der Waals surface area contributed by atoms with E-state index in [1.54, 1.807) is 6.92 Å². The van der Waals surface area contributed by atoms with Crippen molar-refractivity contribution in [1.82, 2.24) is 0 Å². The number of hydrogen-bond acceptors (Lipinski definition) is 4. The molecule has 130 valence electrons.